The highest BCUT2D eigenvalue weighted by atomic mass is 32.2. The molecule has 1 amide bonds. The Kier molecular flexibility index (Phi) is 6.18. The number of carbonyl (C=O) groups excluding carboxylic acids is 1. The highest BCUT2D eigenvalue weighted by Crippen LogP contribution is 2.28. The lowest BCUT2D eigenvalue weighted by Gasteiger charge is -2.32. The molecule has 8 heteroatoms. The molecular weight excluding hydrogens is 344 g/mol. The molecule has 1 aliphatic rings. The Morgan fingerprint density at radius 1 is 1.48 bits per heavy atom. The number of ether oxygens (including phenoxy) is 2. The summed E-state index contributed by atoms with van der Waals surface area (Å²) in [6.45, 7) is 9.31. The Morgan fingerprint density at radius 2 is 2.12 bits per heavy atom. The molecule has 2 rings (SSSR count). The number of nitrogens with one attached hydrogen (secondary N) is 1. The van der Waals surface area contributed by atoms with Crippen molar-refractivity contribution in [3.63, 3.8) is 0 Å². The van der Waals surface area contributed by atoms with Crippen LogP contribution in [0.4, 0.5) is 5.88 Å². The topological polar surface area (TPSA) is 90.7 Å². The van der Waals surface area contributed by atoms with Crippen LogP contribution >= 0.6 is 0 Å². The maximum absolute atomic E-state index is 13.1. The van der Waals surface area contributed by atoms with Crippen molar-refractivity contribution in [2.75, 3.05) is 38.5 Å². The molecule has 1 fully saturated rings. The molecule has 0 radical (unpaired) electrons. The average molecular weight is 372 g/mol. The third-order valence-electron chi connectivity index (χ3n) is 4.63. The fraction of sp³-hybridized carbons (Fsp3) is 0.647. The number of aromatic nitrogens is 1. The van der Waals surface area contributed by atoms with Crippen molar-refractivity contribution >= 4 is 21.7 Å². The standard InChI is InChI=1S/C17H28N2O5S/c1-12(25(5,21)13-6-8-23-9-7-13)16(20)18-15-10-14(19-24-15)17(2,3)11-22-4/h10,13,25H,1,6-9,11H2,2-5H3,(H,18,20). The van der Waals surface area contributed by atoms with Gasteiger partial charge in [-0.1, -0.05) is 35.5 Å². The lowest BCUT2D eigenvalue weighted by atomic mass is 9.90. The van der Waals surface area contributed by atoms with Gasteiger partial charge in [-0.05, 0) is 19.1 Å². The van der Waals surface area contributed by atoms with Gasteiger partial charge in [0.2, 0.25) is 5.88 Å². The summed E-state index contributed by atoms with van der Waals surface area (Å²) < 4.78 is 28.7. The van der Waals surface area contributed by atoms with Gasteiger partial charge in [0.15, 0.2) is 0 Å². The van der Waals surface area contributed by atoms with Gasteiger partial charge in [-0.15, -0.1) is 0 Å². The van der Waals surface area contributed by atoms with E-state index in [0.717, 1.165) is 0 Å². The zero-order valence-corrected chi connectivity index (χ0v) is 16.2. The van der Waals surface area contributed by atoms with Gasteiger partial charge < -0.3 is 14.0 Å². The number of carbonyl (C=O) groups is 1. The van der Waals surface area contributed by atoms with E-state index in [1.54, 1.807) is 19.4 Å². The number of thiol groups is 1. The van der Waals surface area contributed by atoms with Gasteiger partial charge in [-0.3, -0.25) is 14.3 Å². The van der Waals surface area contributed by atoms with Crippen LogP contribution in [0.3, 0.4) is 0 Å². The number of rotatable bonds is 7. The summed E-state index contributed by atoms with van der Waals surface area (Å²) in [5.74, 6) is -0.290. The van der Waals surface area contributed by atoms with Crippen LogP contribution in [-0.4, -0.2) is 53.7 Å². The third-order valence-corrected chi connectivity index (χ3v) is 7.82. The number of methoxy groups -OCH3 is 1. The maximum Gasteiger partial charge on any atom is 0.264 e. The quantitative estimate of drug-likeness (QED) is 0.561. The van der Waals surface area contributed by atoms with E-state index < -0.39 is 15.8 Å². The van der Waals surface area contributed by atoms with Gasteiger partial charge in [0, 0.05) is 37.1 Å². The van der Waals surface area contributed by atoms with E-state index >= 15 is 0 Å². The van der Waals surface area contributed by atoms with Crippen molar-refractivity contribution in [1.29, 1.82) is 0 Å². The van der Waals surface area contributed by atoms with Crippen LogP contribution in [0.1, 0.15) is 32.4 Å². The molecule has 0 bridgehead atoms. The summed E-state index contributed by atoms with van der Waals surface area (Å²) in [6.07, 6.45) is 2.98. The van der Waals surface area contributed by atoms with Crippen molar-refractivity contribution < 1.29 is 23.0 Å². The Labute approximate surface area is 149 Å². The fourth-order valence-electron chi connectivity index (χ4n) is 2.87. The number of hydrogen-bond acceptors (Lipinski definition) is 6. The van der Waals surface area contributed by atoms with Crippen molar-refractivity contribution in [3.8, 4) is 0 Å². The first-order chi connectivity index (χ1) is 11.7. The van der Waals surface area contributed by atoms with Crippen molar-refractivity contribution in [3.05, 3.63) is 23.2 Å². The number of amides is 1. The van der Waals surface area contributed by atoms with Gasteiger partial charge >= 0.3 is 0 Å². The minimum absolute atomic E-state index is 0.0644. The summed E-state index contributed by atoms with van der Waals surface area (Å²) in [5.41, 5.74) is 0.319. The highest BCUT2D eigenvalue weighted by molar-refractivity contribution is 8.07. The van der Waals surface area contributed by atoms with E-state index in [1.807, 2.05) is 13.8 Å². The lowest BCUT2D eigenvalue weighted by molar-refractivity contribution is -0.112. The molecule has 0 aromatic carbocycles. The molecule has 0 aliphatic carbocycles. The zero-order valence-electron chi connectivity index (χ0n) is 15.3. The van der Waals surface area contributed by atoms with Gasteiger partial charge in [-0.2, -0.15) is 0 Å². The lowest BCUT2D eigenvalue weighted by Crippen LogP contribution is -2.37. The Balaban J connectivity index is 2.05. The summed E-state index contributed by atoms with van der Waals surface area (Å²) in [6, 6.07) is 1.65. The normalized spacial score (nSPS) is 17.3. The molecule has 7 nitrogen and oxygen atoms in total. The molecule has 1 aromatic heterocycles. The van der Waals surface area contributed by atoms with E-state index in [0.29, 0.717) is 38.4 Å². The van der Waals surface area contributed by atoms with E-state index in [-0.39, 0.29) is 21.5 Å². The molecule has 2 heterocycles. The first kappa shape index (κ1) is 19.8. The summed E-state index contributed by atoms with van der Waals surface area (Å²) in [4.78, 5) is 12.6. The molecule has 0 unspecified atom stereocenters. The van der Waals surface area contributed by atoms with Gasteiger partial charge in [-0.25, -0.2) is 0 Å². The van der Waals surface area contributed by atoms with Crippen LogP contribution in [0.25, 0.3) is 0 Å². The highest BCUT2D eigenvalue weighted by Gasteiger charge is 2.32. The molecule has 25 heavy (non-hydrogen) atoms. The van der Waals surface area contributed by atoms with Gasteiger partial charge in [0.25, 0.3) is 5.91 Å². The molecule has 1 saturated heterocycles. The van der Waals surface area contributed by atoms with E-state index in [1.165, 1.54) is 0 Å². The van der Waals surface area contributed by atoms with Crippen LogP contribution in [0.2, 0.25) is 0 Å². The molecule has 1 aliphatic heterocycles. The molecular formula is C17H28N2O5S. The predicted octanol–water partition coefficient (Wildman–Crippen LogP) is 1.88. The van der Waals surface area contributed by atoms with Gasteiger partial charge in [0.05, 0.1) is 17.2 Å². The minimum Gasteiger partial charge on any atom is -0.384 e. The smallest absolute Gasteiger partial charge is 0.264 e. The second kappa shape index (κ2) is 7.80. The zero-order chi connectivity index (χ0) is 18.7. The molecule has 0 saturated carbocycles. The summed E-state index contributed by atoms with van der Waals surface area (Å²) in [7, 11) is -1.24. The van der Waals surface area contributed by atoms with Crippen molar-refractivity contribution in [2.24, 2.45) is 0 Å². The SMILES string of the molecule is C=C(C(=O)Nc1cc(C(C)(C)COC)no1)[SH](C)(=O)C1CCOCC1. The van der Waals surface area contributed by atoms with Crippen LogP contribution in [0.5, 0.6) is 0 Å². The maximum atomic E-state index is 13.1. The Hall–Kier alpha value is -1.51. The second-order valence-corrected chi connectivity index (χ2v) is 10.4. The minimum atomic E-state index is -2.86. The number of anilines is 1. The van der Waals surface area contributed by atoms with Gasteiger partial charge in [0.1, 0.15) is 0 Å². The number of nitrogens with zero attached hydrogens (tertiary/aromatic N) is 1. The van der Waals surface area contributed by atoms with E-state index in [9.17, 15) is 9.00 Å². The van der Waals surface area contributed by atoms with Crippen molar-refractivity contribution in [2.45, 2.75) is 37.4 Å². The van der Waals surface area contributed by atoms with Crippen molar-refractivity contribution in [1.82, 2.24) is 5.16 Å². The average Bonchev–Trinajstić information content (AvgIpc) is 3.04. The molecule has 142 valence electrons. The monoisotopic (exact) mass is 372 g/mol. The number of hydrogen-bond donors (Lipinski definition) is 2. The van der Waals surface area contributed by atoms with Crippen LogP contribution < -0.4 is 5.32 Å². The first-order valence-electron chi connectivity index (χ1n) is 8.30. The molecule has 1 aromatic rings. The van der Waals surface area contributed by atoms with E-state index in [2.05, 4.69) is 17.1 Å². The fourth-order valence-corrected chi connectivity index (χ4v) is 4.97. The summed E-state index contributed by atoms with van der Waals surface area (Å²) >= 11 is 0. The molecule has 1 N–H and O–H groups in total. The molecule has 0 spiro atoms. The van der Waals surface area contributed by atoms with Crippen LogP contribution in [0.15, 0.2) is 22.1 Å². The Morgan fingerprint density at radius 3 is 2.72 bits per heavy atom. The Bertz CT molecular complexity index is 676. The summed E-state index contributed by atoms with van der Waals surface area (Å²) in [5, 5.41) is 6.53. The first-order valence-corrected chi connectivity index (χ1v) is 10.5. The van der Waals surface area contributed by atoms with E-state index in [4.69, 9.17) is 14.0 Å². The third kappa shape index (κ3) is 4.56. The second-order valence-electron chi connectivity index (χ2n) is 7.13. The molecule has 0 atom stereocenters. The van der Waals surface area contributed by atoms with Crippen LogP contribution in [0, 0.1) is 0 Å². The van der Waals surface area contributed by atoms with Crippen LogP contribution in [-0.2, 0) is 29.6 Å². The predicted molar refractivity (Wildman–Crippen MR) is 98.5 cm³/mol. The largest absolute Gasteiger partial charge is 0.384 e.